The summed E-state index contributed by atoms with van der Waals surface area (Å²) in [5.74, 6) is 0.453. The van der Waals surface area contributed by atoms with Crippen LogP contribution in [0, 0.1) is 0 Å². The third kappa shape index (κ3) is 4.20. The van der Waals surface area contributed by atoms with Gasteiger partial charge in [0.15, 0.2) is 0 Å². The molecule has 0 saturated carbocycles. The molecule has 0 amide bonds. The van der Waals surface area contributed by atoms with E-state index in [0.29, 0.717) is 24.2 Å². The highest BCUT2D eigenvalue weighted by atomic mass is 16.5. The smallest absolute Gasteiger partial charge is 0.336 e. The van der Waals surface area contributed by atoms with E-state index in [0.717, 1.165) is 27.5 Å². The molecule has 0 saturated heterocycles. The Labute approximate surface area is 173 Å². The first-order valence-corrected chi connectivity index (χ1v) is 9.96. The zero-order chi connectivity index (χ0) is 20.9. The van der Waals surface area contributed by atoms with Crippen LogP contribution in [0.2, 0.25) is 0 Å². The Bertz CT molecular complexity index is 1260. The van der Waals surface area contributed by atoms with E-state index in [2.05, 4.69) is 0 Å². The summed E-state index contributed by atoms with van der Waals surface area (Å²) >= 11 is 0. The van der Waals surface area contributed by atoms with Crippen molar-refractivity contribution in [2.45, 2.75) is 26.4 Å². The van der Waals surface area contributed by atoms with Crippen molar-refractivity contribution in [1.29, 1.82) is 0 Å². The Balaban J connectivity index is 1.52. The van der Waals surface area contributed by atoms with Gasteiger partial charge in [-0.1, -0.05) is 48.5 Å². The number of aryl methyl sites for hydroxylation is 1. The third-order valence-electron chi connectivity index (χ3n) is 4.97. The summed E-state index contributed by atoms with van der Waals surface area (Å²) in [6, 6.07) is 20.6. The highest BCUT2D eigenvalue weighted by molar-refractivity contribution is 6.07. The van der Waals surface area contributed by atoms with Crippen LogP contribution >= 0.6 is 0 Å². The number of esters is 1. The maximum atomic E-state index is 12.4. The van der Waals surface area contributed by atoms with E-state index in [-0.39, 0.29) is 19.0 Å². The number of hydrogen-bond acceptors (Lipinski definition) is 5. The number of para-hydroxylation sites is 1. The second-order valence-corrected chi connectivity index (χ2v) is 6.95. The van der Waals surface area contributed by atoms with Gasteiger partial charge < -0.3 is 13.9 Å². The van der Waals surface area contributed by atoms with E-state index in [9.17, 15) is 9.59 Å². The van der Waals surface area contributed by atoms with Crippen LogP contribution in [-0.4, -0.2) is 12.6 Å². The van der Waals surface area contributed by atoms with Crippen LogP contribution < -0.4 is 10.4 Å². The standard InChI is InChI=1S/C25H22O5/c1-2-28-21-10-6-4-8-18(21)12-14-23(26)29-16-19-15-24(27)30-22-13-11-17-7-3-5-9-20(17)25(19)22/h3-11,13,15H,2,12,14,16H2,1H3. The lowest BCUT2D eigenvalue weighted by atomic mass is 10.0. The number of fused-ring (bicyclic) bond motifs is 3. The second-order valence-electron chi connectivity index (χ2n) is 6.95. The average molecular weight is 402 g/mol. The predicted molar refractivity (Wildman–Crippen MR) is 116 cm³/mol. The molecule has 0 aliphatic heterocycles. The van der Waals surface area contributed by atoms with Crippen molar-refractivity contribution in [1.82, 2.24) is 0 Å². The third-order valence-corrected chi connectivity index (χ3v) is 4.97. The van der Waals surface area contributed by atoms with Crippen molar-refractivity contribution in [3.05, 3.63) is 88.3 Å². The van der Waals surface area contributed by atoms with Gasteiger partial charge in [0.2, 0.25) is 0 Å². The lowest BCUT2D eigenvalue weighted by molar-refractivity contribution is -0.144. The maximum Gasteiger partial charge on any atom is 0.336 e. The molecular formula is C25H22O5. The predicted octanol–water partition coefficient (Wildman–Crippen LogP) is 5.02. The van der Waals surface area contributed by atoms with Crippen molar-refractivity contribution in [3.8, 4) is 5.75 Å². The van der Waals surface area contributed by atoms with Crippen molar-refractivity contribution >= 4 is 27.7 Å². The highest BCUT2D eigenvalue weighted by Crippen LogP contribution is 2.28. The van der Waals surface area contributed by atoms with Gasteiger partial charge in [0.05, 0.1) is 6.61 Å². The zero-order valence-electron chi connectivity index (χ0n) is 16.7. The summed E-state index contributed by atoms with van der Waals surface area (Å²) in [5.41, 5.74) is 1.63. The number of carbonyl (C=O) groups is 1. The summed E-state index contributed by atoms with van der Waals surface area (Å²) in [6.45, 7) is 2.51. The minimum atomic E-state index is -0.463. The zero-order valence-corrected chi connectivity index (χ0v) is 16.7. The molecule has 3 aromatic carbocycles. The molecule has 5 nitrogen and oxygen atoms in total. The fourth-order valence-corrected chi connectivity index (χ4v) is 3.61. The van der Waals surface area contributed by atoms with E-state index >= 15 is 0 Å². The number of ether oxygens (including phenoxy) is 2. The molecule has 0 fully saturated rings. The number of rotatable bonds is 7. The summed E-state index contributed by atoms with van der Waals surface area (Å²) in [6.07, 6.45) is 0.750. The van der Waals surface area contributed by atoms with Gasteiger partial charge in [-0.15, -0.1) is 0 Å². The Morgan fingerprint density at radius 2 is 1.77 bits per heavy atom. The van der Waals surface area contributed by atoms with E-state index in [1.807, 2.05) is 61.5 Å². The number of hydrogen-bond donors (Lipinski definition) is 0. The molecular weight excluding hydrogens is 380 g/mol. The molecule has 1 heterocycles. The lowest BCUT2D eigenvalue weighted by Crippen LogP contribution is -2.09. The molecule has 30 heavy (non-hydrogen) atoms. The Kier molecular flexibility index (Phi) is 5.80. The summed E-state index contributed by atoms with van der Waals surface area (Å²) in [5, 5.41) is 2.77. The molecule has 0 bridgehead atoms. The molecule has 152 valence electrons. The van der Waals surface area contributed by atoms with E-state index in [1.165, 1.54) is 6.07 Å². The molecule has 0 radical (unpaired) electrons. The Morgan fingerprint density at radius 3 is 2.63 bits per heavy atom. The van der Waals surface area contributed by atoms with Gasteiger partial charge >= 0.3 is 11.6 Å². The minimum absolute atomic E-state index is 0.0159. The van der Waals surface area contributed by atoms with Gasteiger partial charge in [-0.3, -0.25) is 4.79 Å². The first kappa shape index (κ1) is 19.7. The van der Waals surface area contributed by atoms with E-state index in [4.69, 9.17) is 13.9 Å². The van der Waals surface area contributed by atoms with Gasteiger partial charge in [0.25, 0.3) is 0 Å². The van der Waals surface area contributed by atoms with Crippen molar-refractivity contribution in [2.24, 2.45) is 0 Å². The maximum absolute atomic E-state index is 12.4. The summed E-state index contributed by atoms with van der Waals surface area (Å²) < 4.78 is 16.5. The summed E-state index contributed by atoms with van der Waals surface area (Å²) in [7, 11) is 0. The van der Waals surface area contributed by atoms with Crippen LogP contribution in [0.5, 0.6) is 5.75 Å². The highest BCUT2D eigenvalue weighted by Gasteiger charge is 2.13. The normalized spacial score (nSPS) is 11.0. The van der Waals surface area contributed by atoms with Crippen LogP contribution in [0.25, 0.3) is 21.7 Å². The van der Waals surface area contributed by atoms with Crippen molar-refractivity contribution in [3.63, 3.8) is 0 Å². The van der Waals surface area contributed by atoms with Gasteiger partial charge in [-0.25, -0.2) is 4.79 Å². The van der Waals surface area contributed by atoms with Gasteiger partial charge in [-0.05, 0) is 41.8 Å². The molecule has 0 aliphatic rings. The van der Waals surface area contributed by atoms with Crippen molar-refractivity contribution in [2.75, 3.05) is 6.61 Å². The largest absolute Gasteiger partial charge is 0.494 e. The minimum Gasteiger partial charge on any atom is -0.494 e. The Morgan fingerprint density at radius 1 is 0.967 bits per heavy atom. The first-order valence-electron chi connectivity index (χ1n) is 9.96. The number of benzene rings is 3. The van der Waals surface area contributed by atoms with Gasteiger partial charge in [0.1, 0.15) is 17.9 Å². The SMILES string of the molecule is CCOc1ccccc1CCC(=O)OCc1cc(=O)oc2ccc3ccccc3c12. The monoisotopic (exact) mass is 402 g/mol. The molecule has 0 spiro atoms. The van der Waals surface area contributed by atoms with Gasteiger partial charge in [0, 0.05) is 23.4 Å². The fourth-order valence-electron chi connectivity index (χ4n) is 3.61. The fraction of sp³-hybridized carbons (Fsp3) is 0.200. The second kappa shape index (κ2) is 8.82. The lowest BCUT2D eigenvalue weighted by Gasteiger charge is -2.11. The molecule has 0 aliphatic carbocycles. The van der Waals surface area contributed by atoms with E-state index in [1.54, 1.807) is 6.07 Å². The molecule has 0 N–H and O–H groups in total. The average Bonchev–Trinajstić information content (AvgIpc) is 2.76. The Hall–Kier alpha value is -3.60. The molecule has 4 aromatic rings. The van der Waals surface area contributed by atoms with Gasteiger partial charge in [-0.2, -0.15) is 0 Å². The first-order chi connectivity index (χ1) is 14.7. The molecule has 0 atom stereocenters. The molecule has 0 unspecified atom stereocenters. The quantitative estimate of drug-likeness (QED) is 0.247. The molecule has 4 rings (SSSR count). The van der Waals surface area contributed by atoms with Crippen LogP contribution in [-0.2, 0) is 22.6 Å². The van der Waals surface area contributed by atoms with Crippen LogP contribution in [0.15, 0.2) is 75.9 Å². The van der Waals surface area contributed by atoms with Crippen LogP contribution in [0.1, 0.15) is 24.5 Å². The summed E-state index contributed by atoms with van der Waals surface area (Å²) in [4.78, 5) is 24.4. The number of carbonyl (C=O) groups excluding carboxylic acids is 1. The van der Waals surface area contributed by atoms with Crippen LogP contribution in [0.3, 0.4) is 0 Å². The van der Waals surface area contributed by atoms with Crippen molar-refractivity contribution < 1.29 is 18.7 Å². The van der Waals surface area contributed by atoms with Crippen LogP contribution in [0.4, 0.5) is 0 Å². The van der Waals surface area contributed by atoms with E-state index < -0.39 is 5.63 Å². The topological polar surface area (TPSA) is 65.7 Å². The molecule has 5 heteroatoms. The molecule has 1 aromatic heterocycles.